The summed E-state index contributed by atoms with van der Waals surface area (Å²) in [7, 11) is -0.823. The van der Waals surface area contributed by atoms with Gasteiger partial charge in [-0.05, 0) is 30.8 Å². The van der Waals surface area contributed by atoms with E-state index in [0.717, 1.165) is 17.9 Å². The molecule has 0 aliphatic carbocycles. The van der Waals surface area contributed by atoms with E-state index in [2.05, 4.69) is 15.2 Å². The molecular weight excluding hydrogens is 280 g/mol. The zero-order chi connectivity index (χ0) is 13.8. The van der Waals surface area contributed by atoms with Crippen molar-refractivity contribution in [1.29, 1.82) is 0 Å². The molecule has 0 aliphatic rings. The van der Waals surface area contributed by atoms with Crippen molar-refractivity contribution in [3.63, 3.8) is 0 Å². The standard InChI is InChI=1S/C12H16N4OS2/c1-9(19(2)17)6-8-16-11(14-15-12(16)18)10-5-3-4-7-13-10/h3-5,7,9H,6,8H2,1-2H3,(H,15,18). The Balaban J connectivity index is 2.24. The Labute approximate surface area is 119 Å². The average Bonchev–Trinajstić information content (AvgIpc) is 2.78. The van der Waals surface area contributed by atoms with Crippen LogP contribution in [0.2, 0.25) is 0 Å². The summed E-state index contributed by atoms with van der Waals surface area (Å²) >= 11 is 5.23. The molecule has 7 heteroatoms. The molecule has 5 nitrogen and oxygen atoms in total. The summed E-state index contributed by atoms with van der Waals surface area (Å²) in [6.45, 7) is 2.65. The molecule has 0 spiro atoms. The highest BCUT2D eigenvalue weighted by atomic mass is 32.2. The summed E-state index contributed by atoms with van der Waals surface area (Å²) in [6.07, 6.45) is 4.23. The Morgan fingerprint density at radius 3 is 2.95 bits per heavy atom. The molecule has 2 rings (SSSR count). The van der Waals surface area contributed by atoms with Crippen LogP contribution >= 0.6 is 12.2 Å². The summed E-state index contributed by atoms with van der Waals surface area (Å²) in [4.78, 5) is 4.28. The number of nitrogens with one attached hydrogen (secondary N) is 1. The molecule has 2 aromatic heterocycles. The SMILES string of the molecule is CC(CCn1c(-c2ccccn2)n[nH]c1=S)S(C)=O. The Morgan fingerprint density at radius 1 is 1.53 bits per heavy atom. The number of aromatic nitrogens is 4. The van der Waals surface area contributed by atoms with Gasteiger partial charge >= 0.3 is 0 Å². The summed E-state index contributed by atoms with van der Waals surface area (Å²) in [5.41, 5.74) is 0.778. The molecule has 2 atom stereocenters. The molecule has 0 saturated heterocycles. The number of aromatic amines is 1. The minimum absolute atomic E-state index is 0.133. The zero-order valence-corrected chi connectivity index (χ0v) is 12.5. The van der Waals surface area contributed by atoms with Crippen LogP contribution in [0.4, 0.5) is 0 Å². The summed E-state index contributed by atoms with van der Waals surface area (Å²) in [5.74, 6) is 0.722. The fraction of sp³-hybridized carbons (Fsp3) is 0.417. The van der Waals surface area contributed by atoms with Crippen LogP contribution in [0.5, 0.6) is 0 Å². The fourth-order valence-corrected chi connectivity index (χ4v) is 2.35. The second-order valence-electron chi connectivity index (χ2n) is 4.32. The summed E-state index contributed by atoms with van der Waals surface area (Å²) in [5, 5.41) is 7.14. The molecule has 0 radical (unpaired) electrons. The van der Waals surface area contributed by atoms with Crippen molar-refractivity contribution in [2.24, 2.45) is 0 Å². The summed E-state index contributed by atoms with van der Waals surface area (Å²) < 4.78 is 13.9. The first-order chi connectivity index (χ1) is 9.09. The molecule has 0 aromatic carbocycles. The van der Waals surface area contributed by atoms with Gasteiger partial charge in [0.25, 0.3) is 0 Å². The van der Waals surface area contributed by atoms with Crippen LogP contribution in [0.15, 0.2) is 24.4 Å². The summed E-state index contributed by atoms with van der Waals surface area (Å²) in [6, 6.07) is 5.66. The third-order valence-electron chi connectivity index (χ3n) is 2.98. The molecule has 0 amide bonds. The van der Waals surface area contributed by atoms with Crippen molar-refractivity contribution in [1.82, 2.24) is 19.7 Å². The van der Waals surface area contributed by atoms with E-state index in [9.17, 15) is 4.21 Å². The normalized spacial score (nSPS) is 14.2. The second-order valence-corrected chi connectivity index (χ2v) is 6.51. The van der Waals surface area contributed by atoms with E-state index in [0.29, 0.717) is 11.3 Å². The van der Waals surface area contributed by atoms with Crippen molar-refractivity contribution in [2.75, 3.05) is 6.26 Å². The van der Waals surface area contributed by atoms with E-state index in [1.165, 1.54) is 0 Å². The van der Waals surface area contributed by atoms with Gasteiger partial charge < -0.3 is 0 Å². The maximum atomic E-state index is 11.4. The van der Waals surface area contributed by atoms with Gasteiger partial charge in [0, 0.05) is 35.0 Å². The lowest BCUT2D eigenvalue weighted by atomic mass is 10.3. The monoisotopic (exact) mass is 296 g/mol. The van der Waals surface area contributed by atoms with E-state index in [4.69, 9.17) is 12.2 Å². The molecular formula is C12H16N4OS2. The number of nitrogens with zero attached hydrogens (tertiary/aromatic N) is 3. The topological polar surface area (TPSA) is 63.6 Å². The molecule has 0 fully saturated rings. The smallest absolute Gasteiger partial charge is 0.195 e. The molecule has 19 heavy (non-hydrogen) atoms. The van der Waals surface area contributed by atoms with Crippen LogP contribution in [0.1, 0.15) is 13.3 Å². The lowest BCUT2D eigenvalue weighted by Gasteiger charge is -2.10. The van der Waals surface area contributed by atoms with Crippen molar-refractivity contribution in [3.05, 3.63) is 29.2 Å². The third-order valence-corrected chi connectivity index (χ3v) is 4.66. The first-order valence-corrected chi connectivity index (χ1v) is 8.01. The zero-order valence-electron chi connectivity index (χ0n) is 10.9. The van der Waals surface area contributed by atoms with Crippen molar-refractivity contribution < 1.29 is 4.21 Å². The van der Waals surface area contributed by atoms with Gasteiger partial charge in [-0.3, -0.25) is 18.9 Å². The molecule has 0 bridgehead atoms. The van der Waals surface area contributed by atoms with Crippen LogP contribution < -0.4 is 0 Å². The Morgan fingerprint density at radius 2 is 2.32 bits per heavy atom. The Hall–Kier alpha value is -1.34. The number of pyridine rings is 1. The van der Waals surface area contributed by atoms with E-state index < -0.39 is 10.8 Å². The lowest BCUT2D eigenvalue weighted by Crippen LogP contribution is -2.13. The second kappa shape index (κ2) is 6.21. The Bertz CT molecular complexity index is 620. The van der Waals surface area contributed by atoms with Gasteiger partial charge in [-0.1, -0.05) is 13.0 Å². The maximum absolute atomic E-state index is 11.4. The molecule has 2 unspecified atom stereocenters. The van der Waals surface area contributed by atoms with Gasteiger partial charge in [0.1, 0.15) is 5.69 Å². The number of H-pyrrole nitrogens is 1. The van der Waals surface area contributed by atoms with Gasteiger partial charge in [0.2, 0.25) is 0 Å². The number of hydrogen-bond donors (Lipinski definition) is 1. The third kappa shape index (κ3) is 3.36. The first kappa shape index (κ1) is 14.1. The van der Waals surface area contributed by atoms with Crippen molar-refractivity contribution in [3.8, 4) is 11.5 Å². The van der Waals surface area contributed by atoms with Gasteiger partial charge in [0.15, 0.2) is 10.6 Å². The fourth-order valence-electron chi connectivity index (χ4n) is 1.69. The van der Waals surface area contributed by atoms with Gasteiger partial charge in [-0.2, -0.15) is 5.10 Å². The van der Waals surface area contributed by atoms with Gasteiger partial charge in [0.05, 0.1) is 0 Å². The molecule has 0 saturated carbocycles. The maximum Gasteiger partial charge on any atom is 0.195 e. The van der Waals surface area contributed by atoms with Crippen molar-refractivity contribution >= 4 is 23.0 Å². The van der Waals surface area contributed by atoms with E-state index >= 15 is 0 Å². The van der Waals surface area contributed by atoms with Crippen LogP contribution in [-0.2, 0) is 17.3 Å². The average molecular weight is 296 g/mol. The van der Waals surface area contributed by atoms with Crippen LogP contribution in [0.3, 0.4) is 0 Å². The van der Waals surface area contributed by atoms with Gasteiger partial charge in [-0.25, -0.2) is 0 Å². The molecule has 2 aromatic rings. The molecule has 2 heterocycles. The number of rotatable bonds is 5. The van der Waals surface area contributed by atoms with E-state index in [1.54, 1.807) is 12.5 Å². The minimum Gasteiger partial charge on any atom is -0.299 e. The molecule has 102 valence electrons. The van der Waals surface area contributed by atoms with Crippen molar-refractivity contribution in [2.45, 2.75) is 25.1 Å². The lowest BCUT2D eigenvalue weighted by molar-refractivity contribution is 0.617. The van der Waals surface area contributed by atoms with Gasteiger partial charge in [-0.15, -0.1) is 0 Å². The van der Waals surface area contributed by atoms with Crippen LogP contribution in [-0.4, -0.2) is 35.5 Å². The predicted molar refractivity (Wildman–Crippen MR) is 78.8 cm³/mol. The van der Waals surface area contributed by atoms with E-state index in [1.807, 2.05) is 29.7 Å². The highest BCUT2D eigenvalue weighted by molar-refractivity contribution is 7.84. The molecule has 0 aliphatic heterocycles. The quantitative estimate of drug-likeness (QED) is 0.859. The molecule has 1 N–H and O–H groups in total. The number of hydrogen-bond acceptors (Lipinski definition) is 4. The minimum atomic E-state index is -0.823. The highest BCUT2D eigenvalue weighted by Gasteiger charge is 2.12. The largest absolute Gasteiger partial charge is 0.299 e. The highest BCUT2D eigenvalue weighted by Crippen LogP contribution is 2.15. The Kier molecular flexibility index (Phi) is 4.60. The van der Waals surface area contributed by atoms with Crippen LogP contribution in [0, 0.1) is 4.77 Å². The first-order valence-electron chi connectivity index (χ1n) is 5.98. The van der Waals surface area contributed by atoms with E-state index in [-0.39, 0.29) is 5.25 Å². The predicted octanol–water partition coefficient (Wildman–Crippen LogP) is 2.16. The van der Waals surface area contributed by atoms with Crippen LogP contribution in [0.25, 0.3) is 11.5 Å².